The zero-order valence-electron chi connectivity index (χ0n) is 7.01. The number of rotatable bonds is 1. The summed E-state index contributed by atoms with van der Waals surface area (Å²) >= 11 is 0. The van der Waals surface area contributed by atoms with E-state index in [-0.39, 0.29) is 0 Å². The first-order chi connectivity index (χ1) is 5.65. The topological polar surface area (TPSA) is 63.6 Å². The van der Waals surface area contributed by atoms with E-state index < -0.39 is 24.7 Å². The second kappa shape index (κ2) is 6.27. The molecule has 78 valence electrons. The monoisotopic (exact) mass is 202 g/mol. The van der Waals surface area contributed by atoms with Crippen LogP contribution in [0.4, 0.5) is 13.2 Å². The second-order valence-electron chi connectivity index (χ2n) is 1.91. The van der Waals surface area contributed by atoms with E-state index in [2.05, 4.69) is 4.74 Å². The Morgan fingerprint density at radius 2 is 1.62 bits per heavy atom. The lowest BCUT2D eigenvalue weighted by Gasteiger charge is -2.04. The van der Waals surface area contributed by atoms with Crippen molar-refractivity contribution >= 4 is 11.9 Å². The normalized spacial score (nSPS) is 9.62. The number of hydrogen-bond acceptors (Lipinski definition) is 3. The van der Waals surface area contributed by atoms with Gasteiger partial charge < -0.3 is 9.84 Å². The summed E-state index contributed by atoms with van der Waals surface area (Å²) in [7, 11) is 0. The number of carbonyl (C=O) groups excluding carboxylic acids is 1. The lowest BCUT2D eigenvalue weighted by Crippen LogP contribution is -2.18. The molecule has 0 aliphatic carbocycles. The van der Waals surface area contributed by atoms with Crippen LogP contribution in [-0.2, 0) is 14.3 Å². The van der Waals surface area contributed by atoms with E-state index in [0.29, 0.717) is 0 Å². The molecule has 0 aliphatic rings. The highest BCUT2D eigenvalue weighted by Gasteiger charge is 2.28. The van der Waals surface area contributed by atoms with Gasteiger partial charge in [0.15, 0.2) is 6.61 Å². The van der Waals surface area contributed by atoms with Crippen molar-refractivity contribution in [3.63, 3.8) is 0 Å². The molecule has 0 saturated carbocycles. The van der Waals surface area contributed by atoms with E-state index in [0.717, 1.165) is 13.8 Å². The molecule has 0 heterocycles. The van der Waals surface area contributed by atoms with Crippen LogP contribution in [0.5, 0.6) is 0 Å². The first-order valence-corrected chi connectivity index (χ1v) is 3.05. The third kappa shape index (κ3) is 36.6. The van der Waals surface area contributed by atoms with Crippen molar-refractivity contribution in [2.24, 2.45) is 0 Å². The maximum atomic E-state index is 11.1. The highest BCUT2D eigenvalue weighted by Crippen LogP contribution is 2.14. The molecule has 0 saturated heterocycles. The van der Waals surface area contributed by atoms with Crippen molar-refractivity contribution in [2.75, 3.05) is 6.61 Å². The molecule has 0 aromatic carbocycles. The average Bonchev–Trinajstić information content (AvgIpc) is 1.80. The Kier molecular flexibility index (Phi) is 6.88. The molecule has 0 aromatic rings. The van der Waals surface area contributed by atoms with Gasteiger partial charge in [0.1, 0.15) is 0 Å². The fourth-order valence-electron chi connectivity index (χ4n) is 0.183. The van der Waals surface area contributed by atoms with E-state index in [9.17, 15) is 18.0 Å². The van der Waals surface area contributed by atoms with Gasteiger partial charge in [0, 0.05) is 13.8 Å². The summed E-state index contributed by atoms with van der Waals surface area (Å²) in [5, 5.41) is 7.42. The lowest BCUT2D eigenvalue weighted by molar-refractivity contribution is -0.184. The van der Waals surface area contributed by atoms with E-state index in [1.54, 1.807) is 0 Å². The third-order valence-electron chi connectivity index (χ3n) is 0.439. The number of carbonyl (C=O) groups is 2. The largest absolute Gasteiger partial charge is 0.481 e. The maximum absolute atomic E-state index is 11.1. The van der Waals surface area contributed by atoms with Gasteiger partial charge in [-0.05, 0) is 0 Å². The van der Waals surface area contributed by atoms with E-state index in [1.807, 2.05) is 0 Å². The van der Waals surface area contributed by atoms with E-state index in [4.69, 9.17) is 9.90 Å². The number of aliphatic carboxylic acids is 1. The molecular formula is C6H9F3O4. The van der Waals surface area contributed by atoms with Crippen LogP contribution in [0, 0.1) is 0 Å². The molecule has 0 fully saturated rings. The van der Waals surface area contributed by atoms with Crippen LogP contribution in [0.15, 0.2) is 0 Å². The Bertz CT molecular complexity index is 171. The fraction of sp³-hybridized carbons (Fsp3) is 0.667. The number of carboxylic acids is 1. The summed E-state index contributed by atoms with van der Waals surface area (Å²) in [6, 6.07) is 0. The summed E-state index contributed by atoms with van der Waals surface area (Å²) in [4.78, 5) is 18.8. The molecule has 0 spiro atoms. The lowest BCUT2D eigenvalue weighted by atomic mass is 10.7. The molecule has 0 radical (unpaired) electrons. The standard InChI is InChI=1S/C4H5F3O2.C2H4O2/c1-3(8)9-2-4(5,6)7;1-2(3)4/h2H2,1H3;1H3,(H,3,4). The van der Waals surface area contributed by atoms with Gasteiger partial charge in [-0.2, -0.15) is 13.2 Å². The molecule has 0 aliphatic heterocycles. The van der Waals surface area contributed by atoms with Gasteiger partial charge in [-0.3, -0.25) is 9.59 Å². The van der Waals surface area contributed by atoms with Crippen LogP contribution >= 0.6 is 0 Å². The van der Waals surface area contributed by atoms with Crippen LogP contribution in [0.25, 0.3) is 0 Å². The minimum atomic E-state index is -4.41. The van der Waals surface area contributed by atoms with Crippen molar-refractivity contribution in [1.82, 2.24) is 0 Å². The average molecular weight is 202 g/mol. The SMILES string of the molecule is CC(=O)O.CC(=O)OCC(F)(F)F. The summed E-state index contributed by atoms with van der Waals surface area (Å²) < 4.78 is 37.1. The van der Waals surface area contributed by atoms with Crippen molar-refractivity contribution in [3.05, 3.63) is 0 Å². The Balaban J connectivity index is 0. The van der Waals surface area contributed by atoms with Gasteiger partial charge in [0.2, 0.25) is 0 Å². The second-order valence-corrected chi connectivity index (χ2v) is 1.91. The van der Waals surface area contributed by atoms with Gasteiger partial charge in [0.05, 0.1) is 0 Å². The number of carboxylic acid groups (broad SMARTS) is 1. The Morgan fingerprint density at radius 3 is 1.69 bits per heavy atom. The van der Waals surface area contributed by atoms with E-state index in [1.165, 1.54) is 0 Å². The molecule has 0 unspecified atom stereocenters. The van der Waals surface area contributed by atoms with Crippen LogP contribution in [0.3, 0.4) is 0 Å². The van der Waals surface area contributed by atoms with Crippen molar-refractivity contribution in [3.8, 4) is 0 Å². The molecule has 0 amide bonds. The number of esters is 1. The van der Waals surface area contributed by atoms with Gasteiger partial charge in [-0.1, -0.05) is 0 Å². The van der Waals surface area contributed by atoms with Gasteiger partial charge >= 0.3 is 12.1 Å². The quantitative estimate of drug-likeness (QED) is 0.649. The predicted molar refractivity (Wildman–Crippen MR) is 36.0 cm³/mol. The van der Waals surface area contributed by atoms with Gasteiger partial charge in [-0.15, -0.1) is 0 Å². The Labute approximate surface area is 72.3 Å². The van der Waals surface area contributed by atoms with Crippen molar-refractivity contribution in [2.45, 2.75) is 20.0 Å². The van der Waals surface area contributed by atoms with Crippen LogP contribution in [-0.4, -0.2) is 29.8 Å². The first kappa shape index (κ1) is 14.3. The van der Waals surface area contributed by atoms with Crippen molar-refractivity contribution in [1.29, 1.82) is 0 Å². The fourth-order valence-corrected chi connectivity index (χ4v) is 0.183. The minimum Gasteiger partial charge on any atom is -0.481 e. The summed E-state index contributed by atoms with van der Waals surface area (Å²) in [5.41, 5.74) is 0. The van der Waals surface area contributed by atoms with Gasteiger partial charge in [-0.25, -0.2) is 0 Å². The summed E-state index contributed by atoms with van der Waals surface area (Å²) in [5.74, 6) is -1.76. The predicted octanol–water partition coefficient (Wildman–Crippen LogP) is 1.20. The molecule has 0 bridgehead atoms. The number of hydrogen-bond donors (Lipinski definition) is 1. The van der Waals surface area contributed by atoms with Crippen molar-refractivity contribution < 1.29 is 32.6 Å². The van der Waals surface area contributed by atoms with Crippen LogP contribution in [0.1, 0.15) is 13.8 Å². The molecular weight excluding hydrogens is 193 g/mol. The molecule has 0 atom stereocenters. The molecule has 13 heavy (non-hydrogen) atoms. The highest BCUT2D eigenvalue weighted by molar-refractivity contribution is 5.65. The van der Waals surface area contributed by atoms with Crippen LogP contribution in [0.2, 0.25) is 0 Å². The molecule has 0 rings (SSSR count). The smallest absolute Gasteiger partial charge is 0.422 e. The number of halogens is 3. The first-order valence-electron chi connectivity index (χ1n) is 3.05. The Morgan fingerprint density at radius 1 is 1.31 bits per heavy atom. The minimum absolute atomic E-state index is 0.833. The number of ether oxygens (including phenoxy) is 1. The maximum Gasteiger partial charge on any atom is 0.422 e. The highest BCUT2D eigenvalue weighted by atomic mass is 19.4. The molecule has 4 nitrogen and oxygen atoms in total. The molecule has 7 heteroatoms. The molecule has 1 N–H and O–H groups in total. The van der Waals surface area contributed by atoms with Gasteiger partial charge in [0.25, 0.3) is 5.97 Å². The van der Waals surface area contributed by atoms with E-state index >= 15 is 0 Å². The van der Waals surface area contributed by atoms with Crippen LogP contribution < -0.4 is 0 Å². The zero-order chi connectivity index (χ0) is 11.1. The summed E-state index contributed by atoms with van der Waals surface area (Å²) in [6.07, 6.45) is -4.41. The molecule has 0 aromatic heterocycles. The zero-order valence-corrected chi connectivity index (χ0v) is 7.01. The third-order valence-corrected chi connectivity index (χ3v) is 0.439. The summed E-state index contributed by atoms with van der Waals surface area (Å²) in [6.45, 7) is 0.508. The number of alkyl halides is 3. The Hall–Kier alpha value is -1.27.